The highest BCUT2D eigenvalue weighted by Crippen LogP contribution is 2.20. The summed E-state index contributed by atoms with van der Waals surface area (Å²) in [6, 6.07) is 1.78. The number of rotatable bonds is 3. The third-order valence-corrected chi connectivity index (χ3v) is 1.90. The van der Waals surface area contributed by atoms with Gasteiger partial charge in [0.25, 0.3) is 0 Å². The molecule has 0 saturated carbocycles. The van der Waals surface area contributed by atoms with Gasteiger partial charge in [-0.25, -0.2) is 4.98 Å². The molecule has 0 aliphatic heterocycles. The van der Waals surface area contributed by atoms with Crippen molar-refractivity contribution in [1.82, 2.24) is 9.97 Å². The van der Waals surface area contributed by atoms with E-state index in [4.69, 9.17) is 21.6 Å². The van der Waals surface area contributed by atoms with Gasteiger partial charge in [-0.2, -0.15) is 5.26 Å². The lowest BCUT2D eigenvalue weighted by Gasteiger charge is -2.07. The van der Waals surface area contributed by atoms with Crippen LogP contribution in [-0.2, 0) is 9.53 Å². The molecule has 1 aromatic rings. The number of ether oxygens (including phenoxy) is 1. The molecule has 1 aromatic heterocycles. The minimum Gasteiger partial charge on any atom is -0.465 e. The second kappa shape index (κ2) is 5.27. The molecule has 0 amide bonds. The first-order chi connectivity index (χ1) is 7.20. The van der Waals surface area contributed by atoms with Gasteiger partial charge in [0.05, 0.1) is 12.7 Å². The molecule has 0 aliphatic carbocycles. The van der Waals surface area contributed by atoms with E-state index in [2.05, 4.69) is 9.97 Å². The molecular formula is C9H8ClN3O2. The zero-order chi connectivity index (χ0) is 11.3. The first kappa shape index (κ1) is 11.4. The number of carbonyl (C=O) groups excluding carboxylic acids is 1. The van der Waals surface area contributed by atoms with E-state index in [1.54, 1.807) is 13.0 Å². The fourth-order valence-corrected chi connectivity index (χ4v) is 1.19. The minimum absolute atomic E-state index is 0.0390. The molecule has 0 saturated heterocycles. The van der Waals surface area contributed by atoms with Crippen LogP contribution < -0.4 is 0 Å². The smallest absolute Gasteiger partial charge is 0.329 e. The molecular weight excluding hydrogens is 218 g/mol. The fourth-order valence-electron chi connectivity index (χ4n) is 0.977. The summed E-state index contributed by atoms with van der Waals surface area (Å²) in [6.07, 6.45) is 2.75. The molecule has 1 rings (SSSR count). The van der Waals surface area contributed by atoms with Crippen LogP contribution in [0.4, 0.5) is 0 Å². The molecule has 6 heteroatoms. The molecule has 15 heavy (non-hydrogen) atoms. The summed E-state index contributed by atoms with van der Waals surface area (Å²) >= 11 is 5.71. The Labute approximate surface area is 91.7 Å². The summed E-state index contributed by atoms with van der Waals surface area (Å²) in [5.41, 5.74) is 0.125. The van der Waals surface area contributed by atoms with Crippen LogP contribution in [0.1, 0.15) is 18.5 Å². The zero-order valence-corrected chi connectivity index (χ0v) is 8.73. The van der Waals surface area contributed by atoms with Gasteiger partial charge in [0.1, 0.15) is 5.69 Å². The first-order valence-electron chi connectivity index (χ1n) is 4.23. The van der Waals surface area contributed by atoms with Crippen LogP contribution in [0.25, 0.3) is 0 Å². The number of aromatic nitrogens is 2. The molecule has 0 bridgehead atoms. The van der Waals surface area contributed by atoms with Gasteiger partial charge in [0.15, 0.2) is 11.1 Å². The van der Waals surface area contributed by atoms with Crippen molar-refractivity contribution in [2.45, 2.75) is 12.8 Å². The predicted molar refractivity (Wildman–Crippen MR) is 52.0 cm³/mol. The van der Waals surface area contributed by atoms with Crippen molar-refractivity contribution in [3.8, 4) is 6.07 Å². The summed E-state index contributed by atoms with van der Waals surface area (Å²) in [6.45, 7) is 1.86. The first-order valence-corrected chi connectivity index (χ1v) is 4.61. The Bertz CT molecular complexity index is 403. The van der Waals surface area contributed by atoms with Crippen LogP contribution in [0.5, 0.6) is 0 Å². The van der Waals surface area contributed by atoms with Crippen molar-refractivity contribution >= 4 is 17.6 Å². The van der Waals surface area contributed by atoms with Crippen LogP contribution in [0.2, 0.25) is 5.15 Å². The van der Waals surface area contributed by atoms with Gasteiger partial charge in [-0.3, -0.25) is 9.78 Å². The largest absolute Gasteiger partial charge is 0.465 e. The molecule has 0 aliphatic rings. The highest BCUT2D eigenvalue weighted by molar-refractivity contribution is 6.30. The Morgan fingerprint density at radius 3 is 2.87 bits per heavy atom. The van der Waals surface area contributed by atoms with Crippen molar-refractivity contribution in [2.24, 2.45) is 0 Å². The Morgan fingerprint density at radius 2 is 2.33 bits per heavy atom. The molecule has 0 aromatic carbocycles. The van der Waals surface area contributed by atoms with E-state index in [-0.39, 0.29) is 17.5 Å². The Hall–Kier alpha value is -1.67. The van der Waals surface area contributed by atoms with Crippen LogP contribution in [0, 0.1) is 11.3 Å². The highest BCUT2D eigenvalue weighted by Gasteiger charge is 2.25. The van der Waals surface area contributed by atoms with Crippen LogP contribution >= 0.6 is 11.6 Å². The molecule has 0 N–H and O–H groups in total. The number of nitrogens with zero attached hydrogens (tertiary/aromatic N) is 3. The third-order valence-electron chi connectivity index (χ3n) is 1.60. The third kappa shape index (κ3) is 2.64. The van der Waals surface area contributed by atoms with Gasteiger partial charge in [0, 0.05) is 12.4 Å². The Balaban J connectivity index is 2.99. The van der Waals surface area contributed by atoms with E-state index < -0.39 is 11.9 Å². The maximum absolute atomic E-state index is 11.4. The van der Waals surface area contributed by atoms with E-state index >= 15 is 0 Å². The SMILES string of the molecule is CCOC(=O)C(C#N)c1nccnc1Cl. The van der Waals surface area contributed by atoms with Gasteiger partial charge in [-0.15, -0.1) is 0 Å². The summed E-state index contributed by atoms with van der Waals surface area (Å²) in [7, 11) is 0. The summed E-state index contributed by atoms with van der Waals surface area (Å²) in [4.78, 5) is 18.9. The summed E-state index contributed by atoms with van der Waals surface area (Å²) in [5.74, 6) is -1.78. The second-order valence-electron chi connectivity index (χ2n) is 2.55. The van der Waals surface area contributed by atoms with Crippen LogP contribution in [0.3, 0.4) is 0 Å². The maximum Gasteiger partial charge on any atom is 0.329 e. The van der Waals surface area contributed by atoms with Crippen LogP contribution in [-0.4, -0.2) is 22.5 Å². The average molecular weight is 226 g/mol. The standard InChI is InChI=1S/C9H8ClN3O2/c1-2-15-9(14)6(5-11)7-8(10)13-4-3-12-7/h3-4,6H,2H2,1H3. The normalized spacial score (nSPS) is 11.5. The van der Waals surface area contributed by atoms with Gasteiger partial charge in [-0.1, -0.05) is 11.6 Å². The monoisotopic (exact) mass is 225 g/mol. The minimum atomic E-state index is -1.12. The molecule has 78 valence electrons. The van der Waals surface area contributed by atoms with Crippen molar-refractivity contribution in [1.29, 1.82) is 5.26 Å². The predicted octanol–water partition coefficient (Wildman–Crippen LogP) is 1.30. The van der Waals surface area contributed by atoms with Gasteiger partial charge in [-0.05, 0) is 6.92 Å². The number of nitriles is 1. The van der Waals surface area contributed by atoms with Crippen molar-refractivity contribution < 1.29 is 9.53 Å². The number of hydrogen-bond donors (Lipinski definition) is 0. The number of halogens is 1. The quantitative estimate of drug-likeness (QED) is 0.725. The average Bonchev–Trinajstić information content (AvgIpc) is 2.22. The number of carbonyl (C=O) groups is 1. The van der Waals surface area contributed by atoms with Gasteiger partial charge >= 0.3 is 5.97 Å². The molecule has 5 nitrogen and oxygen atoms in total. The number of hydrogen-bond acceptors (Lipinski definition) is 5. The van der Waals surface area contributed by atoms with Gasteiger partial charge in [0.2, 0.25) is 0 Å². The molecule has 1 unspecified atom stereocenters. The Morgan fingerprint density at radius 1 is 1.67 bits per heavy atom. The fraction of sp³-hybridized carbons (Fsp3) is 0.333. The van der Waals surface area contributed by atoms with E-state index in [9.17, 15) is 4.79 Å². The van der Waals surface area contributed by atoms with E-state index in [1.807, 2.05) is 0 Å². The zero-order valence-electron chi connectivity index (χ0n) is 7.98. The molecule has 1 heterocycles. The van der Waals surface area contributed by atoms with Crippen molar-refractivity contribution in [3.63, 3.8) is 0 Å². The molecule has 1 atom stereocenters. The molecule has 0 radical (unpaired) electrons. The van der Waals surface area contributed by atoms with Crippen molar-refractivity contribution in [3.05, 3.63) is 23.2 Å². The van der Waals surface area contributed by atoms with Crippen molar-refractivity contribution in [2.75, 3.05) is 6.61 Å². The number of esters is 1. The lowest BCUT2D eigenvalue weighted by molar-refractivity contribution is -0.143. The highest BCUT2D eigenvalue weighted by atomic mass is 35.5. The lowest BCUT2D eigenvalue weighted by atomic mass is 10.1. The van der Waals surface area contributed by atoms with E-state index in [0.29, 0.717) is 0 Å². The summed E-state index contributed by atoms with van der Waals surface area (Å²) in [5, 5.41) is 8.86. The maximum atomic E-state index is 11.4. The van der Waals surface area contributed by atoms with Crippen LogP contribution in [0.15, 0.2) is 12.4 Å². The van der Waals surface area contributed by atoms with E-state index in [1.165, 1.54) is 12.4 Å². The lowest BCUT2D eigenvalue weighted by Crippen LogP contribution is -2.16. The molecule has 0 spiro atoms. The Kier molecular flexibility index (Phi) is 4.01. The summed E-state index contributed by atoms with van der Waals surface area (Å²) < 4.78 is 4.72. The van der Waals surface area contributed by atoms with Gasteiger partial charge < -0.3 is 4.74 Å². The second-order valence-corrected chi connectivity index (χ2v) is 2.90. The topological polar surface area (TPSA) is 75.9 Å². The van der Waals surface area contributed by atoms with E-state index in [0.717, 1.165) is 0 Å². The molecule has 0 fully saturated rings.